The minimum absolute atomic E-state index is 0.910. The fourth-order valence-electron chi connectivity index (χ4n) is 2.72. The van der Waals surface area contributed by atoms with Gasteiger partial charge in [0.05, 0.1) is 12.5 Å². The molecular formula is C13H17N3O. The number of rotatable bonds is 1. The average molecular weight is 231 g/mol. The Hall–Kier alpha value is -1.55. The summed E-state index contributed by atoms with van der Waals surface area (Å²) in [6.45, 7) is 3.96. The van der Waals surface area contributed by atoms with Crippen molar-refractivity contribution in [2.45, 2.75) is 19.9 Å². The third-order valence-corrected chi connectivity index (χ3v) is 3.53. The Labute approximate surface area is 101 Å². The molecule has 3 rings (SSSR count). The van der Waals surface area contributed by atoms with Crippen molar-refractivity contribution >= 4 is 11.0 Å². The molecule has 0 amide bonds. The summed E-state index contributed by atoms with van der Waals surface area (Å²) >= 11 is 0. The van der Waals surface area contributed by atoms with Crippen molar-refractivity contribution < 1.29 is 4.74 Å². The van der Waals surface area contributed by atoms with E-state index in [4.69, 9.17) is 4.74 Å². The van der Waals surface area contributed by atoms with Gasteiger partial charge in [0.1, 0.15) is 11.4 Å². The van der Waals surface area contributed by atoms with E-state index in [-0.39, 0.29) is 0 Å². The number of pyridine rings is 1. The molecule has 0 saturated heterocycles. The van der Waals surface area contributed by atoms with E-state index in [0.29, 0.717) is 0 Å². The number of hydrogen-bond acceptors (Lipinski definition) is 3. The largest absolute Gasteiger partial charge is 0.496 e. The molecule has 0 saturated carbocycles. The highest BCUT2D eigenvalue weighted by Crippen LogP contribution is 2.33. The molecule has 4 nitrogen and oxygen atoms in total. The van der Waals surface area contributed by atoms with Crippen LogP contribution in [0.5, 0.6) is 5.75 Å². The SMILES string of the molecule is COc1cc(C)nc2c1c1c(n2C)CCNC1. The Balaban J connectivity index is 2.41. The summed E-state index contributed by atoms with van der Waals surface area (Å²) in [4.78, 5) is 4.64. The zero-order valence-electron chi connectivity index (χ0n) is 10.5. The second kappa shape index (κ2) is 3.74. The van der Waals surface area contributed by atoms with Crippen molar-refractivity contribution in [2.24, 2.45) is 7.05 Å². The van der Waals surface area contributed by atoms with Crippen LogP contribution in [0.25, 0.3) is 11.0 Å². The first-order chi connectivity index (χ1) is 8.22. The van der Waals surface area contributed by atoms with Crippen LogP contribution in [0.3, 0.4) is 0 Å². The van der Waals surface area contributed by atoms with Gasteiger partial charge >= 0.3 is 0 Å². The van der Waals surface area contributed by atoms with Crippen LogP contribution >= 0.6 is 0 Å². The van der Waals surface area contributed by atoms with E-state index < -0.39 is 0 Å². The third-order valence-electron chi connectivity index (χ3n) is 3.53. The summed E-state index contributed by atoms with van der Waals surface area (Å²) in [6, 6.07) is 2.01. The van der Waals surface area contributed by atoms with Crippen LogP contribution < -0.4 is 10.1 Å². The highest BCUT2D eigenvalue weighted by Gasteiger charge is 2.21. The van der Waals surface area contributed by atoms with Gasteiger partial charge in [0.25, 0.3) is 0 Å². The lowest BCUT2D eigenvalue weighted by molar-refractivity contribution is 0.418. The number of aromatic nitrogens is 2. The molecule has 0 atom stereocenters. The normalized spacial score (nSPS) is 15.0. The minimum Gasteiger partial charge on any atom is -0.496 e. The molecule has 0 aliphatic carbocycles. The fraction of sp³-hybridized carbons (Fsp3) is 0.462. The maximum Gasteiger partial charge on any atom is 0.144 e. The molecule has 2 aromatic heterocycles. The second-order valence-electron chi connectivity index (χ2n) is 4.58. The van der Waals surface area contributed by atoms with Crippen LogP contribution in [0, 0.1) is 6.92 Å². The van der Waals surface area contributed by atoms with E-state index >= 15 is 0 Å². The van der Waals surface area contributed by atoms with E-state index in [1.54, 1.807) is 7.11 Å². The van der Waals surface area contributed by atoms with Crippen molar-refractivity contribution in [1.29, 1.82) is 0 Å². The van der Waals surface area contributed by atoms with Crippen LogP contribution in [0.2, 0.25) is 0 Å². The van der Waals surface area contributed by atoms with Crippen LogP contribution in [0.4, 0.5) is 0 Å². The summed E-state index contributed by atoms with van der Waals surface area (Å²) in [5, 5.41) is 4.58. The van der Waals surface area contributed by atoms with Crippen molar-refractivity contribution in [3.05, 3.63) is 23.0 Å². The summed E-state index contributed by atoms with van der Waals surface area (Å²) in [5.41, 5.74) is 4.77. The lowest BCUT2D eigenvalue weighted by Gasteiger charge is -2.14. The first-order valence-electron chi connectivity index (χ1n) is 5.95. The number of fused-ring (bicyclic) bond motifs is 3. The number of nitrogens with zero attached hydrogens (tertiary/aromatic N) is 2. The number of aryl methyl sites for hydroxylation is 2. The Kier molecular flexibility index (Phi) is 2.33. The topological polar surface area (TPSA) is 39.1 Å². The minimum atomic E-state index is 0.910. The van der Waals surface area contributed by atoms with Crippen LogP contribution in [-0.2, 0) is 20.0 Å². The van der Waals surface area contributed by atoms with Crippen molar-refractivity contribution in [3.63, 3.8) is 0 Å². The Morgan fingerprint density at radius 3 is 3.06 bits per heavy atom. The molecule has 0 spiro atoms. The van der Waals surface area contributed by atoms with Gasteiger partial charge < -0.3 is 14.6 Å². The van der Waals surface area contributed by atoms with Crippen LogP contribution in [-0.4, -0.2) is 23.2 Å². The van der Waals surface area contributed by atoms with Gasteiger partial charge in [-0.15, -0.1) is 0 Å². The predicted molar refractivity (Wildman–Crippen MR) is 67.4 cm³/mol. The second-order valence-corrected chi connectivity index (χ2v) is 4.58. The smallest absolute Gasteiger partial charge is 0.144 e. The predicted octanol–water partition coefficient (Wildman–Crippen LogP) is 1.54. The summed E-state index contributed by atoms with van der Waals surface area (Å²) in [5.74, 6) is 0.938. The molecule has 1 N–H and O–H groups in total. The van der Waals surface area contributed by atoms with Crippen molar-refractivity contribution in [1.82, 2.24) is 14.9 Å². The molecule has 0 bridgehead atoms. The first kappa shape index (κ1) is 10.6. The van der Waals surface area contributed by atoms with Gasteiger partial charge in [-0.1, -0.05) is 0 Å². The third kappa shape index (κ3) is 1.44. The molecule has 4 heteroatoms. The number of methoxy groups -OCH3 is 1. The molecular weight excluding hydrogens is 214 g/mol. The van der Waals surface area contributed by atoms with E-state index in [9.17, 15) is 0 Å². The molecule has 0 radical (unpaired) electrons. The van der Waals surface area contributed by atoms with E-state index in [0.717, 1.165) is 36.6 Å². The number of nitrogens with one attached hydrogen (secondary N) is 1. The van der Waals surface area contributed by atoms with E-state index in [1.807, 2.05) is 13.0 Å². The molecule has 1 aliphatic heterocycles. The zero-order chi connectivity index (χ0) is 12.0. The van der Waals surface area contributed by atoms with Gasteiger partial charge in [0, 0.05) is 49.6 Å². The maximum atomic E-state index is 5.51. The quantitative estimate of drug-likeness (QED) is 0.809. The Morgan fingerprint density at radius 2 is 2.29 bits per heavy atom. The number of ether oxygens (including phenoxy) is 1. The molecule has 0 fully saturated rings. The van der Waals surface area contributed by atoms with Gasteiger partial charge in [0.15, 0.2) is 0 Å². The zero-order valence-corrected chi connectivity index (χ0v) is 10.5. The molecule has 17 heavy (non-hydrogen) atoms. The highest BCUT2D eigenvalue weighted by molar-refractivity contribution is 5.89. The van der Waals surface area contributed by atoms with Crippen LogP contribution in [0.1, 0.15) is 17.0 Å². The summed E-state index contributed by atoms with van der Waals surface area (Å²) < 4.78 is 7.72. The maximum absolute atomic E-state index is 5.51. The number of hydrogen-bond donors (Lipinski definition) is 1. The monoisotopic (exact) mass is 231 g/mol. The molecule has 90 valence electrons. The molecule has 0 unspecified atom stereocenters. The standard InChI is InChI=1S/C13H17N3O/c1-8-6-11(17-3)12-9-7-14-5-4-10(9)16(2)13(12)15-8/h6,14H,4-5,7H2,1-3H3. The summed E-state index contributed by atoms with van der Waals surface area (Å²) in [7, 11) is 3.82. The van der Waals surface area contributed by atoms with Crippen molar-refractivity contribution in [3.8, 4) is 5.75 Å². The average Bonchev–Trinajstić information content (AvgIpc) is 2.63. The van der Waals surface area contributed by atoms with Crippen LogP contribution in [0.15, 0.2) is 6.07 Å². The van der Waals surface area contributed by atoms with E-state index in [1.165, 1.54) is 16.6 Å². The molecule has 2 aromatic rings. The molecule has 1 aliphatic rings. The van der Waals surface area contributed by atoms with Gasteiger partial charge in [-0.25, -0.2) is 4.98 Å². The molecule has 3 heterocycles. The van der Waals surface area contributed by atoms with Gasteiger partial charge in [-0.3, -0.25) is 0 Å². The van der Waals surface area contributed by atoms with Gasteiger partial charge in [-0.05, 0) is 6.92 Å². The highest BCUT2D eigenvalue weighted by atomic mass is 16.5. The van der Waals surface area contributed by atoms with Crippen molar-refractivity contribution in [2.75, 3.05) is 13.7 Å². The lowest BCUT2D eigenvalue weighted by atomic mass is 10.1. The first-order valence-corrected chi connectivity index (χ1v) is 5.95. The lowest BCUT2D eigenvalue weighted by Crippen LogP contribution is -2.24. The summed E-state index contributed by atoms with van der Waals surface area (Å²) in [6.07, 6.45) is 1.06. The molecule has 0 aromatic carbocycles. The Bertz CT molecular complexity index is 586. The fourth-order valence-corrected chi connectivity index (χ4v) is 2.72. The Morgan fingerprint density at radius 1 is 1.47 bits per heavy atom. The van der Waals surface area contributed by atoms with E-state index in [2.05, 4.69) is 21.9 Å². The van der Waals surface area contributed by atoms with Gasteiger partial charge in [0.2, 0.25) is 0 Å². The van der Waals surface area contributed by atoms with Gasteiger partial charge in [-0.2, -0.15) is 0 Å².